The van der Waals surface area contributed by atoms with E-state index in [1.165, 1.54) is 19.2 Å². The molecule has 0 N–H and O–H groups in total. The third-order valence-corrected chi connectivity index (χ3v) is 4.10. The highest BCUT2D eigenvalue weighted by Gasteiger charge is 2.12. The molecule has 0 fully saturated rings. The summed E-state index contributed by atoms with van der Waals surface area (Å²) in [5.41, 5.74) is 1.28. The summed E-state index contributed by atoms with van der Waals surface area (Å²) in [6, 6.07) is 7.61. The van der Waals surface area contributed by atoms with Gasteiger partial charge in [0, 0.05) is 15.6 Å². The average molecular weight is 418 g/mol. The topological polar surface area (TPSA) is 35.5 Å². The van der Waals surface area contributed by atoms with Gasteiger partial charge in [0.2, 0.25) is 0 Å². The van der Waals surface area contributed by atoms with Crippen molar-refractivity contribution in [1.29, 1.82) is 0 Å². The van der Waals surface area contributed by atoms with Gasteiger partial charge in [-0.1, -0.05) is 22.0 Å². The molecule has 0 amide bonds. The van der Waals surface area contributed by atoms with Crippen LogP contribution in [0.5, 0.6) is 11.5 Å². The van der Waals surface area contributed by atoms with E-state index in [2.05, 4.69) is 31.9 Å². The van der Waals surface area contributed by atoms with Crippen LogP contribution < -0.4 is 9.47 Å². The minimum Gasteiger partial charge on any atom is -0.493 e. The van der Waals surface area contributed by atoms with Crippen LogP contribution in [0, 0.1) is 5.82 Å². The minimum absolute atomic E-state index is 0.232. The first kappa shape index (κ1) is 16.0. The standard InChI is InChI=1S/C15H11Br2FO3/c1-20-14-5-9(7-19)4-13(17)15(14)21-8-10-2-3-11(18)6-12(10)16/h2-7H,8H2,1H3. The van der Waals surface area contributed by atoms with Gasteiger partial charge in [-0.15, -0.1) is 0 Å². The minimum atomic E-state index is -0.320. The fourth-order valence-electron chi connectivity index (χ4n) is 1.74. The largest absolute Gasteiger partial charge is 0.493 e. The maximum atomic E-state index is 13.0. The highest BCUT2D eigenvalue weighted by molar-refractivity contribution is 9.10. The van der Waals surface area contributed by atoms with E-state index in [0.29, 0.717) is 26.0 Å². The molecule has 0 aliphatic carbocycles. The predicted molar refractivity (Wildman–Crippen MR) is 84.5 cm³/mol. The van der Waals surface area contributed by atoms with Crippen LogP contribution >= 0.6 is 31.9 Å². The summed E-state index contributed by atoms with van der Waals surface area (Å²) in [5.74, 6) is 0.615. The first-order valence-electron chi connectivity index (χ1n) is 5.94. The molecule has 110 valence electrons. The van der Waals surface area contributed by atoms with Gasteiger partial charge in [-0.2, -0.15) is 0 Å². The van der Waals surface area contributed by atoms with E-state index in [-0.39, 0.29) is 12.4 Å². The summed E-state index contributed by atoms with van der Waals surface area (Å²) in [4.78, 5) is 10.8. The summed E-state index contributed by atoms with van der Waals surface area (Å²) in [7, 11) is 1.50. The molecule has 0 bridgehead atoms. The van der Waals surface area contributed by atoms with Crippen molar-refractivity contribution < 1.29 is 18.7 Å². The second kappa shape index (κ2) is 7.04. The average Bonchev–Trinajstić information content (AvgIpc) is 2.46. The third-order valence-electron chi connectivity index (χ3n) is 2.77. The number of aldehydes is 1. The lowest BCUT2D eigenvalue weighted by Gasteiger charge is -2.14. The van der Waals surface area contributed by atoms with Crippen molar-refractivity contribution in [1.82, 2.24) is 0 Å². The monoisotopic (exact) mass is 416 g/mol. The molecule has 0 heterocycles. The van der Waals surface area contributed by atoms with Gasteiger partial charge in [-0.05, 0) is 40.2 Å². The zero-order valence-electron chi connectivity index (χ0n) is 11.0. The normalized spacial score (nSPS) is 10.3. The molecule has 0 aromatic heterocycles. The van der Waals surface area contributed by atoms with Gasteiger partial charge in [0.1, 0.15) is 18.7 Å². The van der Waals surface area contributed by atoms with Gasteiger partial charge < -0.3 is 9.47 Å². The predicted octanol–water partition coefficient (Wildman–Crippen LogP) is 4.75. The quantitative estimate of drug-likeness (QED) is 0.658. The Morgan fingerprint density at radius 3 is 2.57 bits per heavy atom. The van der Waals surface area contributed by atoms with E-state index >= 15 is 0 Å². The molecule has 21 heavy (non-hydrogen) atoms. The van der Waals surface area contributed by atoms with Crippen molar-refractivity contribution in [2.24, 2.45) is 0 Å². The Bertz CT molecular complexity index is 674. The molecule has 0 saturated heterocycles. The van der Waals surface area contributed by atoms with Crippen molar-refractivity contribution in [3.05, 3.63) is 56.2 Å². The van der Waals surface area contributed by atoms with Crippen molar-refractivity contribution in [2.75, 3.05) is 7.11 Å². The number of hydrogen-bond donors (Lipinski definition) is 0. The molecule has 0 aliphatic heterocycles. The second-order valence-corrected chi connectivity index (χ2v) is 5.89. The second-order valence-electron chi connectivity index (χ2n) is 4.18. The molecule has 0 unspecified atom stereocenters. The van der Waals surface area contributed by atoms with Crippen LogP contribution in [0.1, 0.15) is 15.9 Å². The van der Waals surface area contributed by atoms with Crippen LogP contribution in [0.25, 0.3) is 0 Å². The molecule has 2 aromatic rings. The van der Waals surface area contributed by atoms with Crippen LogP contribution in [-0.4, -0.2) is 13.4 Å². The van der Waals surface area contributed by atoms with Gasteiger partial charge in [0.25, 0.3) is 0 Å². The maximum Gasteiger partial charge on any atom is 0.175 e. The number of carbonyl (C=O) groups excluding carboxylic acids is 1. The Labute approximate surface area is 138 Å². The van der Waals surface area contributed by atoms with Crippen LogP contribution in [0.3, 0.4) is 0 Å². The molecule has 3 nitrogen and oxygen atoms in total. The molecule has 2 rings (SSSR count). The number of ether oxygens (including phenoxy) is 2. The molecule has 0 saturated carbocycles. The summed E-state index contributed by atoms with van der Waals surface area (Å²) in [5, 5.41) is 0. The smallest absolute Gasteiger partial charge is 0.175 e. The van der Waals surface area contributed by atoms with Gasteiger partial charge >= 0.3 is 0 Å². The fourth-order valence-corrected chi connectivity index (χ4v) is 2.78. The van der Waals surface area contributed by atoms with Gasteiger partial charge in [-0.3, -0.25) is 4.79 Å². The Hall–Kier alpha value is -1.40. The summed E-state index contributed by atoms with van der Waals surface area (Å²) in [6.45, 7) is 0.232. The molecular weight excluding hydrogens is 407 g/mol. The van der Waals surface area contributed by atoms with E-state index in [0.717, 1.165) is 11.8 Å². The number of benzene rings is 2. The number of carbonyl (C=O) groups is 1. The molecule has 6 heteroatoms. The van der Waals surface area contributed by atoms with Crippen molar-refractivity contribution in [3.8, 4) is 11.5 Å². The van der Waals surface area contributed by atoms with Crippen molar-refractivity contribution in [2.45, 2.75) is 6.61 Å². The summed E-state index contributed by atoms with van der Waals surface area (Å²) < 4.78 is 25.2. The van der Waals surface area contributed by atoms with Crippen LogP contribution in [0.2, 0.25) is 0 Å². The fraction of sp³-hybridized carbons (Fsp3) is 0.133. The van der Waals surface area contributed by atoms with Crippen LogP contribution in [0.15, 0.2) is 39.3 Å². The lowest BCUT2D eigenvalue weighted by molar-refractivity contribution is 0.112. The maximum absolute atomic E-state index is 13.0. The summed E-state index contributed by atoms with van der Waals surface area (Å²) in [6.07, 6.45) is 0.730. The van der Waals surface area contributed by atoms with E-state index in [1.807, 2.05) is 0 Å². The molecule has 0 aliphatic rings. The SMILES string of the molecule is COc1cc(C=O)cc(Br)c1OCc1ccc(F)cc1Br. The van der Waals surface area contributed by atoms with Crippen molar-refractivity contribution in [3.63, 3.8) is 0 Å². The number of rotatable bonds is 5. The first-order valence-corrected chi connectivity index (χ1v) is 7.53. The van der Waals surface area contributed by atoms with Gasteiger partial charge in [-0.25, -0.2) is 4.39 Å². The first-order chi connectivity index (χ1) is 10.0. The molecule has 0 radical (unpaired) electrons. The Morgan fingerprint density at radius 2 is 1.95 bits per heavy atom. The Balaban J connectivity index is 2.25. The summed E-state index contributed by atoms with van der Waals surface area (Å²) >= 11 is 6.64. The van der Waals surface area contributed by atoms with E-state index < -0.39 is 0 Å². The zero-order chi connectivity index (χ0) is 15.4. The Morgan fingerprint density at radius 1 is 1.19 bits per heavy atom. The Kier molecular flexibility index (Phi) is 5.36. The van der Waals surface area contributed by atoms with E-state index in [1.54, 1.807) is 18.2 Å². The van der Waals surface area contributed by atoms with E-state index in [9.17, 15) is 9.18 Å². The van der Waals surface area contributed by atoms with Gasteiger partial charge in [0.15, 0.2) is 11.5 Å². The number of halogens is 3. The molecule has 0 atom stereocenters. The zero-order valence-corrected chi connectivity index (χ0v) is 14.2. The van der Waals surface area contributed by atoms with Crippen LogP contribution in [0.4, 0.5) is 4.39 Å². The van der Waals surface area contributed by atoms with Gasteiger partial charge in [0.05, 0.1) is 11.6 Å². The highest BCUT2D eigenvalue weighted by atomic mass is 79.9. The number of hydrogen-bond acceptors (Lipinski definition) is 3. The lowest BCUT2D eigenvalue weighted by atomic mass is 10.2. The number of methoxy groups -OCH3 is 1. The lowest BCUT2D eigenvalue weighted by Crippen LogP contribution is -2.00. The van der Waals surface area contributed by atoms with E-state index in [4.69, 9.17) is 9.47 Å². The van der Waals surface area contributed by atoms with Crippen molar-refractivity contribution >= 4 is 38.1 Å². The highest BCUT2D eigenvalue weighted by Crippen LogP contribution is 2.37. The van der Waals surface area contributed by atoms with Crippen LogP contribution in [-0.2, 0) is 6.61 Å². The molecule has 2 aromatic carbocycles. The molecular formula is C15H11Br2FO3. The third kappa shape index (κ3) is 3.83. The molecule has 0 spiro atoms.